The van der Waals surface area contributed by atoms with Crippen LogP contribution in [0.2, 0.25) is 0 Å². The van der Waals surface area contributed by atoms with Crippen LogP contribution in [0.5, 0.6) is 0 Å². The van der Waals surface area contributed by atoms with E-state index >= 15 is 0 Å². The predicted molar refractivity (Wildman–Crippen MR) is 77.0 cm³/mol. The lowest BCUT2D eigenvalue weighted by atomic mass is 9.90. The van der Waals surface area contributed by atoms with Gasteiger partial charge in [0, 0.05) is 12.6 Å². The summed E-state index contributed by atoms with van der Waals surface area (Å²) in [7, 11) is 0. The second-order valence-corrected chi connectivity index (χ2v) is 7.15. The molecule has 0 fully saturated rings. The number of hydrogen-bond donors (Lipinski definition) is 1. The van der Waals surface area contributed by atoms with Gasteiger partial charge in [-0.15, -0.1) is 11.6 Å². The number of halogens is 1. The Kier molecular flexibility index (Phi) is 5.31. The SMILES string of the molecule is CC(C)(C)CC(Cl)CNC(=O)c1ccc([N+](=O)[O-])s1. The number of hydrogen-bond acceptors (Lipinski definition) is 4. The summed E-state index contributed by atoms with van der Waals surface area (Å²) < 4.78 is 0. The van der Waals surface area contributed by atoms with Crippen molar-refractivity contribution in [2.24, 2.45) is 5.41 Å². The number of amides is 1. The van der Waals surface area contributed by atoms with Crippen molar-refractivity contribution in [2.45, 2.75) is 32.6 Å². The highest BCUT2D eigenvalue weighted by Crippen LogP contribution is 2.25. The molecule has 1 rings (SSSR count). The van der Waals surface area contributed by atoms with Crippen molar-refractivity contribution in [1.82, 2.24) is 5.32 Å². The molecule has 0 radical (unpaired) electrons. The molecule has 1 atom stereocenters. The minimum absolute atomic E-state index is 0.0396. The number of rotatable bonds is 5. The maximum atomic E-state index is 11.8. The van der Waals surface area contributed by atoms with Gasteiger partial charge < -0.3 is 5.32 Å². The summed E-state index contributed by atoms with van der Waals surface area (Å²) in [4.78, 5) is 22.1. The Morgan fingerprint density at radius 3 is 2.63 bits per heavy atom. The van der Waals surface area contributed by atoms with Gasteiger partial charge >= 0.3 is 5.00 Å². The first-order valence-corrected chi connectivity index (χ1v) is 7.11. The molecule has 1 unspecified atom stereocenters. The number of thiophene rings is 1. The first-order chi connectivity index (χ1) is 8.69. The van der Waals surface area contributed by atoms with E-state index in [1.807, 2.05) is 0 Å². The van der Waals surface area contributed by atoms with Gasteiger partial charge in [0.1, 0.15) is 0 Å². The van der Waals surface area contributed by atoms with Crippen LogP contribution >= 0.6 is 22.9 Å². The molecule has 0 spiro atoms. The Morgan fingerprint density at radius 2 is 2.16 bits per heavy atom. The molecule has 19 heavy (non-hydrogen) atoms. The third kappa shape index (κ3) is 5.57. The molecule has 0 aliphatic rings. The van der Waals surface area contributed by atoms with Crippen LogP contribution < -0.4 is 5.32 Å². The molecule has 1 heterocycles. The van der Waals surface area contributed by atoms with E-state index in [4.69, 9.17) is 11.6 Å². The van der Waals surface area contributed by atoms with Crippen molar-refractivity contribution >= 4 is 33.8 Å². The van der Waals surface area contributed by atoms with Crippen molar-refractivity contribution in [3.05, 3.63) is 27.1 Å². The summed E-state index contributed by atoms with van der Waals surface area (Å²) in [5.74, 6) is -0.322. The van der Waals surface area contributed by atoms with Crippen LogP contribution in [0, 0.1) is 15.5 Å². The molecule has 0 aromatic carbocycles. The maximum absolute atomic E-state index is 11.8. The van der Waals surface area contributed by atoms with Crippen LogP contribution in [0.3, 0.4) is 0 Å². The molecule has 1 aromatic heterocycles. The molecule has 1 amide bonds. The van der Waals surface area contributed by atoms with Gasteiger partial charge in [-0.3, -0.25) is 14.9 Å². The lowest BCUT2D eigenvalue weighted by Gasteiger charge is -2.21. The van der Waals surface area contributed by atoms with E-state index in [-0.39, 0.29) is 21.7 Å². The average Bonchev–Trinajstić information content (AvgIpc) is 2.72. The number of carbonyl (C=O) groups is 1. The number of nitro groups is 1. The molecule has 5 nitrogen and oxygen atoms in total. The summed E-state index contributed by atoms with van der Waals surface area (Å²) in [5, 5.41) is 13.0. The maximum Gasteiger partial charge on any atom is 0.324 e. The quantitative estimate of drug-likeness (QED) is 0.514. The number of nitrogens with one attached hydrogen (secondary N) is 1. The summed E-state index contributed by atoms with van der Waals surface area (Å²) in [6.07, 6.45) is 0.777. The van der Waals surface area contributed by atoms with Crippen molar-refractivity contribution in [2.75, 3.05) is 6.54 Å². The van der Waals surface area contributed by atoms with Crippen LogP contribution in [-0.4, -0.2) is 22.8 Å². The predicted octanol–water partition coefficient (Wildman–Crippen LogP) is 3.43. The number of carbonyl (C=O) groups excluding carboxylic acids is 1. The molecule has 0 bridgehead atoms. The Balaban J connectivity index is 2.49. The minimum atomic E-state index is -0.509. The first kappa shape index (κ1) is 15.9. The third-order valence-electron chi connectivity index (χ3n) is 2.31. The van der Waals surface area contributed by atoms with Crippen molar-refractivity contribution in [1.29, 1.82) is 0 Å². The average molecular weight is 305 g/mol. The molecule has 1 N–H and O–H groups in total. The largest absolute Gasteiger partial charge is 0.350 e. The van der Waals surface area contributed by atoms with Crippen molar-refractivity contribution in [3.8, 4) is 0 Å². The third-order valence-corrected chi connectivity index (χ3v) is 3.66. The Hall–Kier alpha value is -1.14. The summed E-state index contributed by atoms with van der Waals surface area (Å²) in [5.41, 5.74) is 0.0961. The molecule has 106 valence electrons. The van der Waals surface area contributed by atoms with E-state index in [0.29, 0.717) is 11.4 Å². The van der Waals surface area contributed by atoms with Crippen LogP contribution in [0.1, 0.15) is 36.9 Å². The monoisotopic (exact) mass is 304 g/mol. The Morgan fingerprint density at radius 1 is 1.53 bits per heavy atom. The van der Waals surface area contributed by atoms with E-state index < -0.39 is 4.92 Å². The molecule has 0 saturated carbocycles. The fraction of sp³-hybridized carbons (Fsp3) is 0.583. The highest BCUT2D eigenvalue weighted by Gasteiger charge is 2.19. The summed E-state index contributed by atoms with van der Waals surface area (Å²) >= 11 is 6.99. The Labute approximate surface area is 121 Å². The van der Waals surface area contributed by atoms with Crippen LogP contribution in [0.25, 0.3) is 0 Å². The highest BCUT2D eigenvalue weighted by atomic mass is 35.5. The zero-order chi connectivity index (χ0) is 14.6. The van der Waals surface area contributed by atoms with Gasteiger partial charge in [0.05, 0.1) is 15.2 Å². The van der Waals surface area contributed by atoms with E-state index in [1.54, 1.807) is 0 Å². The van der Waals surface area contributed by atoms with Gasteiger partial charge in [-0.25, -0.2) is 0 Å². The van der Waals surface area contributed by atoms with Gasteiger partial charge in [-0.2, -0.15) is 0 Å². The van der Waals surface area contributed by atoms with Gasteiger partial charge in [-0.05, 0) is 17.9 Å². The normalized spacial score (nSPS) is 13.1. The van der Waals surface area contributed by atoms with Crippen LogP contribution in [0.15, 0.2) is 12.1 Å². The zero-order valence-corrected chi connectivity index (χ0v) is 12.7. The Bertz CT molecular complexity index is 468. The smallest absolute Gasteiger partial charge is 0.324 e. The molecule has 7 heteroatoms. The minimum Gasteiger partial charge on any atom is -0.350 e. The molecule has 0 aliphatic carbocycles. The molecular formula is C12H17ClN2O3S. The fourth-order valence-corrected chi connectivity index (χ4v) is 2.85. The highest BCUT2D eigenvalue weighted by molar-refractivity contribution is 7.17. The van der Waals surface area contributed by atoms with Gasteiger partial charge in [-0.1, -0.05) is 32.1 Å². The van der Waals surface area contributed by atoms with Gasteiger partial charge in [0.15, 0.2) is 0 Å². The molecule has 0 aliphatic heterocycles. The zero-order valence-electron chi connectivity index (χ0n) is 11.1. The second kappa shape index (κ2) is 6.34. The van der Waals surface area contributed by atoms with Crippen molar-refractivity contribution < 1.29 is 9.72 Å². The van der Waals surface area contributed by atoms with Crippen LogP contribution in [-0.2, 0) is 0 Å². The fourth-order valence-electron chi connectivity index (χ4n) is 1.58. The summed E-state index contributed by atoms with van der Waals surface area (Å²) in [6.45, 7) is 6.58. The number of nitrogens with zero attached hydrogens (tertiary/aromatic N) is 1. The lowest BCUT2D eigenvalue weighted by molar-refractivity contribution is -0.380. The standard InChI is InChI=1S/C12H17ClN2O3S/c1-12(2,3)6-8(13)7-14-11(16)9-4-5-10(19-9)15(17)18/h4-5,8H,6-7H2,1-3H3,(H,14,16). The summed E-state index contributed by atoms with van der Waals surface area (Å²) in [6, 6.07) is 2.78. The number of alkyl halides is 1. The van der Waals surface area contributed by atoms with E-state index in [0.717, 1.165) is 17.8 Å². The van der Waals surface area contributed by atoms with E-state index in [9.17, 15) is 14.9 Å². The first-order valence-electron chi connectivity index (χ1n) is 5.85. The van der Waals surface area contributed by atoms with Crippen molar-refractivity contribution in [3.63, 3.8) is 0 Å². The van der Waals surface area contributed by atoms with Gasteiger partial charge in [0.2, 0.25) is 0 Å². The molecule has 0 saturated heterocycles. The van der Waals surface area contributed by atoms with Crippen LogP contribution in [0.4, 0.5) is 5.00 Å². The lowest BCUT2D eigenvalue weighted by Crippen LogP contribution is -2.31. The molecule has 1 aromatic rings. The molecular weight excluding hydrogens is 288 g/mol. The topological polar surface area (TPSA) is 72.2 Å². The van der Waals surface area contributed by atoms with Gasteiger partial charge in [0.25, 0.3) is 5.91 Å². The second-order valence-electron chi connectivity index (χ2n) is 5.47. The van der Waals surface area contributed by atoms with E-state index in [1.165, 1.54) is 12.1 Å². The van der Waals surface area contributed by atoms with E-state index in [2.05, 4.69) is 26.1 Å².